The molecule has 0 heterocycles. The molecule has 0 saturated carbocycles. The Balaban J connectivity index is 3.14. The fourth-order valence-corrected chi connectivity index (χ4v) is 5.05. The van der Waals surface area contributed by atoms with Gasteiger partial charge in [-0.15, -0.1) is 0 Å². The highest BCUT2D eigenvalue weighted by atomic mass is 32.3. The summed E-state index contributed by atoms with van der Waals surface area (Å²) in [6.07, 6.45) is 22.8. The predicted octanol–water partition coefficient (Wildman–Crippen LogP) is 5.89. The fourth-order valence-electron chi connectivity index (χ4n) is 3.03. The zero-order valence-corrected chi connectivity index (χ0v) is 18.1. The van der Waals surface area contributed by atoms with Crippen LogP contribution in [0.4, 0.5) is 0 Å². The molecule has 0 fully saturated rings. The summed E-state index contributed by atoms with van der Waals surface area (Å²) in [5.74, 6) is 0.667. The summed E-state index contributed by atoms with van der Waals surface area (Å²) in [7, 11) is -4.53. The largest absolute Gasteiger partial charge is 0.722 e. The van der Waals surface area contributed by atoms with E-state index in [0.717, 1.165) is 12.8 Å². The van der Waals surface area contributed by atoms with Crippen LogP contribution in [0.2, 0.25) is 0 Å². The Labute approximate surface area is 160 Å². The van der Waals surface area contributed by atoms with Crippen molar-refractivity contribution in [2.24, 2.45) is 0 Å². The Morgan fingerprint density at radius 3 is 1.32 bits per heavy atom. The SMILES string of the molecule is CCCCCCCCCCCCCCCCCC[S+](C)OS(=O)(=O)[O-]. The van der Waals surface area contributed by atoms with Gasteiger partial charge in [-0.05, 0) is 12.8 Å². The lowest BCUT2D eigenvalue weighted by atomic mass is 10.0. The van der Waals surface area contributed by atoms with Crippen LogP contribution in [-0.2, 0) is 25.2 Å². The lowest BCUT2D eigenvalue weighted by molar-refractivity contribution is 0.388. The summed E-state index contributed by atoms with van der Waals surface area (Å²) in [6.45, 7) is 2.27. The van der Waals surface area contributed by atoms with Gasteiger partial charge in [0.2, 0.25) is 0 Å². The van der Waals surface area contributed by atoms with Crippen molar-refractivity contribution in [3.8, 4) is 0 Å². The van der Waals surface area contributed by atoms with Gasteiger partial charge in [-0.3, -0.25) is 0 Å². The average Bonchev–Trinajstić information content (AvgIpc) is 2.53. The van der Waals surface area contributed by atoms with Crippen molar-refractivity contribution >= 4 is 21.6 Å². The van der Waals surface area contributed by atoms with Crippen molar-refractivity contribution < 1.29 is 16.6 Å². The molecule has 6 heteroatoms. The van der Waals surface area contributed by atoms with Crippen molar-refractivity contribution in [1.29, 1.82) is 0 Å². The third-order valence-electron chi connectivity index (χ3n) is 4.48. The van der Waals surface area contributed by atoms with E-state index in [4.69, 9.17) is 0 Å². The van der Waals surface area contributed by atoms with Gasteiger partial charge in [0.05, 0.1) is 0 Å². The maximum Gasteiger partial charge on any atom is 0.265 e. The molecular weight excluding hydrogens is 356 g/mol. The van der Waals surface area contributed by atoms with Crippen molar-refractivity contribution in [1.82, 2.24) is 0 Å². The zero-order valence-electron chi connectivity index (χ0n) is 16.5. The molecule has 1 unspecified atom stereocenters. The summed E-state index contributed by atoms with van der Waals surface area (Å²) in [5, 5.41) is 0. The van der Waals surface area contributed by atoms with E-state index in [1.807, 2.05) is 0 Å². The second-order valence-corrected chi connectivity index (χ2v) is 9.97. The third-order valence-corrected chi connectivity index (χ3v) is 6.94. The molecule has 0 aromatic rings. The second kappa shape index (κ2) is 17.6. The molecule has 0 rings (SSSR count). The van der Waals surface area contributed by atoms with Gasteiger partial charge < -0.3 is 4.55 Å². The smallest absolute Gasteiger partial charge is 0.265 e. The molecule has 0 aliphatic rings. The molecule has 0 radical (unpaired) electrons. The first kappa shape index (κ1) is 25.2. The minimum atomic E-state index is -4.53. The monoisotopic (exact) mass is 396 g/mol. The zero-order chi connectivity index (χ0) is 18.8. The van der Waals surface area contributed by atoms with E-state index in [1.165, 1.54) is 89.9 Å². The van der Waals surface area contributed by atoms with Crippen LogP contribution in [0.1, 0.15) is 110 Å². The Bertz CT molecular complexity index is 372. The van der Waals surface area contributed by atoms with Crippen molar-refractivity contribution in [2.75, 3.05) is 12.0 Å². The van der Waals surface area contributed by atoms with Crippen LogP contribution in [-0.4, -0.2) is 25.0 Å². The number of hydrogen-bond acceptors (Lipinski definition) is 4. The quantitative estimate of drug-likeness (QED) is 0.118. The molecule has 0 amide bonds. The maximum atomic E-state index is 10.4. The molecule has 0 saturated heterocycles. The second-order valence-electron chi connectivity index (χ2n) is 7.06. The molecule has 152 valence electrons. The molecule has 0 aliphatic carbocycles. The Morgan fingerprint density at radius 1 is 0.680 bits per heavy atom. The van der Waals surface area contributed by atoms with Crippen LogP contribution < -0.4 is 0 Å². The summed E-state index contributed by atoms with van der Waals surface area (Å²) in [5.41, 5.74) is 0. The van der Waals surface area contributed by atoms with E-state index in [9.17, 15) is 13.0 Å². The van der Waals surface area contributed by atoms with Crippen LogP contribution in [0.15, 0.2) is 0 Å². The van der Waals surface area contributed by atoms with Gasteiger partial charge >= 0.3 is 0 Å². The minimum Gasteiger partial charge on any atom is -0.722 e. The fraction of sp³-hybridized carbons (Fsp3) is 1.00. The van der Waals surface area contributed by atoms with Gasteiger partial charge in [0.1, 0.15) is 12.0 Å². The Hall–Kier alpha value is 0.220. The van der Waals surface area contributed by atoms with E-state index in [1.54, 1.807) is 6.26 Å². The highest BCUT2D eigenvalue weighted by Crippen LogP contribution is 2.14. The summed E-state index contributed by atoms with van der Waals surface area (Å²) >= 11 is -0.757. The predicted molar refractivity (Wildman–Crippen MR) is 108 cm³/mol. The molecule has 1 atom stereocenters. The molecule has 0 aliphatic heterocycles. The third kappa shape index (κ3) is 22.2. The average molecular weight is 397 g/mol. The molecule has 0 aromatic carbocycles. The lowest BCUT2D eigenvalue weighted by Crippen LogP contribution is -2.15. The molecule has 0 aromatic heterocycles. The van der Waals surface area contributed by atoms with Gasteiger partial charge in [0.15, 0.2) is 11.2 Å². The van der Waals surface area contributed by atoms with E-state index in [-0.39, 0.29) is 0 Å². The van der Waals surface area contributed by atoms with Crippen LogP contribution in [0.5, 0.6) is 0 Å². The topological polar surface area (TPSA) is 66.4 Å². The van der Waals surface area contributed by atoms with Crippen LogP contribution >= 0.6 is 0 Å². The normalized spacial score (nSPS) is 13.2. The molecule has 0 spiro atoms. The standard InChI is InChI=1S/C19H40O4S2/c1-3-4-5-6-7-8-9-10-11-12-13-14-15-16-17-18-19-24(2)23-25(20,21)22/h3-19H2,1-2H3. The minimum absolute atomic E-state index is 0.667. The Kier molecular flexibility index (Phi) is 17.8. The molecule has 4 nitrogen and oxygen atoms in total. The molecule has 0 N–H and O–H groups in total. The summed E-state index contributed by atoms with van der Waals surface area (Å²) < 4.78 is 35.7. The van der Waals surface area contributed by atoms with Crippen molar-refractivity contribution in [2.45, 2.75) is 110 Å². The van der Waals surface area contributed by atoms with Crippen LogP contribution in [0.3, 0.4) is 0 Å². The van der Waals surface area contributed by atoms with Crippen LogP contribution in [0, 0.1) is 0 Å². The first-order valence-electron chi connectivity index (χ1n) is 10.2. The maximum absolute atomic E-state index is 10.4. The highest BCUT2D eigenvalue weighted by Gasteiger charge is 2.16. The Morgan fingerprint density at radius 2 is 1.00 bits per heavy atom. The number of hydrogen-bond donors (Lipinski definition) is 0. The first-order chi connectivity index (χ1) is 12.0. The van der Waals surface area contributed by atoms with Gasteiger partial charge in [0, 0.05) is 0 Å². The van der Waals surface area contributed by atoms with E-state index < -0.39 is 21.6 Å². The first-order valence-corrected chi connectivity index (χ1v) is 13.3. The van der Waals surface area contributed by atoms with Gasteiger partial charge in [-0.1, -0.05) is 100 Å². The van der Waals surface area contributed by atoms with E-state index in [2.05, 4.69) is 10.6 Å². The van der Waals surface area contributed by atoms with Crippen LogP contribution in [0.25, 0.3) is 0 Å². The number of rotatable bonds is 19. The van der Waals surface area contributed by atoms with Gasteiger partial charge in [-0.2, -0.15) is 0 Å². The molecule has 25 heavy (non-hydrogen) atoms. The molecular formula is C19H40O4S2. The lowest BCUT2D eigenvalue weighted by Gasteiger charge is -2.05. The van der Waals surface area contributed by atoms with Gasteiger partial charge in [-0.25, -0.2) is 8.42 Å². The summed E-state index contributed by atoms with van der Waals surface area (Å²) in [4.78, 5) is 0. The van der Waals surface area contributed by atoms with E-state index >= 15 is 0 Å². The summed E-state index contributed by atoms with van der Waals surface area (Å²) in [6, 6.07) is 0. The number of unbranched alkanes of at least 4 members (excludes halogenated alkanes) is 15. The van der Waals surface area contributed by atoms with Crippen molar-refractivity contribution in [3.05, 3.63) is 0 Å². The molecule has 0 bridgehead atoms. The van der Waals surface area contributed by atoms with Crippen molar-refractivity contribution in [3.63, 3.8) is 0 Å². The van der Waals surface area contributed by atoms with E-state index in [0.29, 0.717) is 5.75 Å². The highest BCUT2D eigenvalue weighted by molar-refractivity contribution is 8.00. The van der Waals surface area contributed by atoms with Gasteiger partial charge in [0.25, 0.3) is 10.4 Å².